The molecule has 0 spiro atoms. The number of anilines is 2. The number of amides is 1. The summed E-state index contributed by atoms with van der Waals surface area (Å²) >= 11 is 0. The van der Waals surface area contributed by atoms with Gasteiger partial charge in [-0.2, -0.15) is 5.26 Å². The predicted octanol–water partition coefficient (Wildman–Crippen LogP) is 2.80. The number of hydrogen-bond acceptors (Lipinski definition) is 5. The van der Waals surface area contributed by atoms with Crippen molar-refractivity contribution in [2.24, 2.45) is 0 Å². The van der Waals surface area contributed by atoms with Crippen LogP contribution in [0.25, 0.3) is 0 Å². The Morgan fingerprint density at radius 3 is 2.65 bits per heavy atom. The van der Waals surface area contributed by atoms with Gasteiger partial charge in [-0.05, 0) is 49.4 Å². The van der Waals surface area contributed by atoms with Gasteiger partial charge in [0, 0.05) is 24.5 Å². The lowest BCUT2D eigenvalue weighted by Gasteiger charge is -2.29. The molecule has 0 radical (unpaired) electrons. The summed E-state index contributed by atoms with van der Waals surface area (Å²) in [5, 5.41) is 11.8. The zero-order chi connectivity index (χ0) is 18.4. The van der Waals surface area contributed by atoms with Gasteiger partial charge in [-0.3, -0.25) is 4.79 Å². The molecule has 1 heterocycles. The van der Waals surface area contributed by atoms with Crippen LogP contribution in [0.4, 0.5) is 11.4 Å². The van der Waals surface area contributed by atoms with Crippen molar-refractivity contribution in [2.75, 3.05) is 36.5 Å². The van der Waals surface area contributed by atoms with Crippen molar-refractivity contribution in [3.05, 3.63) is 54.1 Å². The molecule has 2 aromatic carbocycles. The van der Waals surface area contributed by atoms with Crippen molar-refractivity contribution in [1.82, 2.24) is 0 Å². The van der Waals surface area contributed by atoms with Gasteiger partial charge in [0.15, 0.2) is 6.10 Å². The maximum absolute atomic E-state index is 12.3. The molecule has 0 bridgehead atoms. The van der Waals surface area contributed by atoms with Crippen molar-refractivity contribution in [3.63, 3.8) is 0 Å². The van der Waals surface area contributed by atoms with E-state index in [1.165, 1.54) is 0 Å². The Hall–Kier alpha value is -3.04. The average Bonchev–Trinajstić information content (AvgIpc) is 2.69. The average molecular weight is 351 g/mol. The summed E-state index contributed by atoms with van der Waals surface area (Å²) in [6, 6.07) is 16.5. The zero-order valence-corrected chi connectivity index (χ0v) is 14.6. The Morgan fingerprint density at radius 2 is 1.96 bits per heavy atom. The number of rotatable bonds is 5. The van der Waals surface area contributed by atoms with Gasteiger partial charge in [0.05, 0.1) is 24.8 Å². The zero-order valence-electron chi connectivity index (χ0n) is 14.6. The van der Waals surface area contributed by atoms with Crippen molar-refractivity contribution >= 4 is 17.3 Å². The standard InChI is InChI=1S/C20H21N3O3/c1-15(26-19-4-2-3-16(13-19)14-21)20(24)22-17-5-7-18(8-6-17)23-9-11-25-12-10-23/h2-8,13,15H,9-12H2,1H3,(H,22,24). The van der Waals surface area contributed by atoms with Crippen LogP contribution in [0.2, 0.25) is 0 Å². The van der Waals surface area contributed by atoms with Gasteiger partial charge in [0.25, 0.3) is 5.91 Å². The van der Waals surface area contributed by atoms with E-state index in [1.807, 2.05) is 30.3 Å². The van der Waals surface area contributed by atoms with Crippen LogP contribution in [-0.2, 0) is 9.53 Å². The third-order valence-electron chi connectivity index (χ3n) is 4.16. The molecule has 1 aliphatic heterocycles. The van der Waals surface area contributed by atoms with Crippen LogP contribution >= 0.6 is 0 Å². The van der Waals surface area contributed by atoms with Crippen LogP contribution in [0, 0.1) is 11.3 Å². The number of morpholine rings is 1. The highest BCUT2D eigenvalue weighted by Crippen LogP contribution is 2.20. The lowest BCUT2D eigenvalue weighted by atomic mass is 10.2. The number of carbonyl (C=O) groups is 1. The van der Waals surface area contributed by atoms with E-state index in [-0.39, 0.29) is 5.91 Å². The van der Waals surface area contributed by atoms with E-state index in [9.17, 15) is 4.79 Å². The maximum atomic E-state index is 12.3. The SMILES string of the molecule is CC(Oc1cccc(C#N)c1)C(=O)Nc1ccc(N2CCOCC2)cc1. The molecule has 1 atom stereocenters. The summed E-state index contributed by atoms with van der Waals surface area (Å²) in [5.41, 5.74) is 2.32. The molecule has 1 saturated heterocycles. The monoisotopic (exact) mass is 351 g/mol. The molecule has 1 amide bonds. The number of carbonyl (C=O) groups excluding carboxylic acids is 1. The minimum atomic E-state index is -0.678. The minimum absolute atomic E-state index is 0.244. The first kappa shape index (κ1) is 17.8. The van der Waals surface area contributed by atoms with Crippen LogP contribution in [-0.4, -0.2) is 38.3 Å². The first-order valence-electron chi connectivity index (χ1n) is 8.56. The van der Waals surface area contributed by atoms with Gasteiger partial charge in [0.1, 0.15) is 5.75 Å². The molecule has 1 unspecified atom stereocenters. The fraction of sp³-hybridized carbons (Fsp3) is 0.300. The summed E-state index contributed by atoms with van der Waals surface area (Å²) in [4.78, 5) is 14.6. The van der Waals surface area contributed by atoms with Crippen LogP contribution < -0.4 is 15.0 Å². The number of nitrogens with zero attached hydrogens (tertiary/aromatic N) is 2. The molecule has 1 N–H and O–H groups in total. The normalized spacial score (nSPS) is 15.0. The highest BCUT2D eigenvalue weighted by molar-refractivity contribution is 5.94. The summed E-state index contributed by atoms with van der Waals surface area (Å²) in [6.07, 6.45) is -0.678. The van der Waals surface area contributed by atoms with E-state index in [1.54, 1.807) is 31.2 Å². The van der Waals surface area contributed by atoms with Crippen molar-refractivity contribution < 1.29 is 14.3 Å². The molecule has 0 aromatic heterocycles. The highest BCUT2D eigenvalue weighted by atomic mass is 16.5. The Labute approximate surface area is 152 Å². The topological polar surface area (TPSA) is 74.6 Å². The second-order valence-corrected chi connectivity index (χ2v) is 6.04. The Bertz CT molecular complexity index is 793. The maximum Gasteiger partial charge on any atom is 0.265 e. The molecule has 2 aromatic rings. The number of nitriles is 1. The van der Waals surface area contributed by atoms with Crippen LogP contribution in [0.1, 0.15) is 12.5 Å². The molecular weight excluding hydrogens is 330 g/mol. The van der Waals surface area contributed by atoms with Gasteiger partial charge >= 0.3 is 0 Å². The lowest BCUT2D eigenvalue weighted by Crippen LogP contribution is -2.36. The molecule has 0 aliphatic carbocycles. The predicted molar refractivity (Wildman–Crippen MR) is 99.4 cm³/mol. The Kier molecular flexibility index (Phi) is 5.72. The molecular formula is C20H21N3O3. The van der Waals surface area contributed by atoms with Gasteiger partial charge < -0.3 is 19.7 Å². The smallest absolute Gasteiger partial charge is 0.265 e. The second-order valence-electron chi connectivity index (χ2n) is 6.04. The van der Waals surface area contributed by atoms with E-state index in [0.29, 0.717) is 17.0 Å². The second kappa shape index (κ2) is 8.37. The van der Waals surface area contributed by atoms with Gasteiger partial charge in [-0.25, -0.2) is 0 Å². The van der Waals surface area contributed by atoms with Crippen LogP contribution in [0.3, 0.4) is 0 Å². The molecule has 6 nitrogen and oxygen atoms in total. The molecule has 6 heteroatoms. The molecule has 1 aliphatic rings. The minimum Gasteiger partial charge on any atom is -0.481 e. The lowest BCUT2D eigenvalue weighted by molar-refractivity contribution is -0.122. The summed E-state index contributed by atoms with van der Waals surface area (Å²) < 4.78 is 11.0. The Balaban J connectivity index is 1.57. The van der Waals surface area contributed by atoms with E-state index < -0.39 is 6.10 Å². The molecule has 1 fully saturated rings. The van der Waals surface area contributed by atoms with Crippen LogP contribution in [0.5, 0.6) is 5.75 Å². The largest absolute Gasteiger partial charge is 0.481 e. The van der Waals surface area contributed by atoms with Crippen molar-refractivity contribution in [3.8, 4) is 11.8 Å². The van der Waals surface area contributed by atoms with Gasteiger partial charge in [0.2, 0.25) is 0 Å². The third-order valence-corrected chi connectivity index (χ3v) is 4.16. The first-order chi connectivity index (χ1) is 12.7. The van der Waals surface area contributed by atoms with Gasteiger partial charge in [-0.1, -0.05) is 6.07 Å². The van der Waals surface area contributed by atoms with E-state index >= 15 is 0 Å². The summed E-state index contributed by atoms with van der Waals surface area (Å²) in [5.74, 6) is 0.251. The fourth-order valence-corrected chi connectivity index (χ4v) is 2.72. The van der Waals surface area contributed by atoms with E-state index in [0.717, 1.165) is 32.0 Å². The molecule has 3 rings (SSSR count). The van der Waals surface area contributed by atoms with Crippen molar-refractivity contribution in [1.29, 1.82) is 5.26 Å². The Morgan fingerprint density at radius 1 is 1.23 bits per heavy atom. The number of ether oxygens (including phenoxy) is 2. The third kappa shape index (κ3) is 4.52. The van der Waals surface area contributed by atoms with Gasteiger partial charge in [-0.15, -0.1) is 0 Å². The first-order valence-corrected chi connectivity index (χ1v) is 8.56. The quantitative estimate of drug-likeness (QED) is 0.897. The van der Waals surface area contributed by atoms with E-state index in [2.05, 4.69) is 10.2 Å². The number of benzene rings is 2. The molecule has 0 saturated carbocycles. The van der Waals surface area contributed by atoms with Crippen LogP contribution in [0.15, 0.2) is 48.5 Å². The fourth-order valence-electron chi connectivity index (χ4n) is 2.72. The summed E-state index contributed by atoms with van der Waals surface area (Å²) in [6.45, 7) is 4.90. The van der Waals surface area contributed by atoms with Crippen molar-refractivity contribution in [2.45, 2.75) is 13.0 Å². The molecule has 134 valence electrons. The highest BCUT2D eigenvalue weighted by Gasteiger charge is 2.16. The number of nitrogens with one attached hydrogen (secondary N) is 1. The number of hydrogen-bond donors (Lipinski definition) is 1. The molecule has 26 heavy (non-hydrogen) atoms. The van der Waals surface area contributed by atoms with E-state index in [4.69, 9.17) is 14.7 Å². The summed E-state index contributed by atoms with van der Waals surface area (Å²) in [7, 11) is 0.